The summed E-state index contributed by atoms with van der Waals surface area (Å²) in [7, 11) is 5.02. The van der Waals surface area contributed by atoms with Gasteiger partial charge in [0.1, 0.15) is 0 Å². The molecule has 0 spiro atoms. The van der Waals surface area contributed by atoms with Gasteiger partial charge in [-0.1, -0.05) is 12.1 Å². The monoisotopic (exact) mass is 386 g/mol. The Morgan fingerprint density at radius 3 is 2.43 bits per heavy atom. The molecule has 0 aliphatic rings. The number of likely N-dealkylation sites (N-methyl/N-ethyl adjacent to an activating group) is 1. The van der Waals surface area contributed by atoms with Crippen molar-refractivity contribution in [1.82, 2.24) is 23.6 Å². The molecule has 0 amide bonds. The normalized spacial score (nSPS) is 11.4. The summed E-state index contributed by atoms with van der Waals surface area (Å²) < 4.78 is 4.21. The van der Waals surface area contributed by atoms with Crippen LogP contribution in [0, 0.1) is 10.1 Å². The predicted molar refractivity (Wildman–Crippen MR) is 105 cm³/mol. The van der Waals surface area contributed by atoms with Gasteiger partial charge < -0.3 is 9.47 Å². The molecule has 28 heavy (non-hydrogen) atoms. The maximum absolute atomic E-state index is 12.4. The molecule has 0 aliphatic carbocycles. The molecule has 0 fully saturated rings. The molecule has 0 aliphatic heterocycles. The largest absolute Gasteiger partial charge is 0.332 e. The highest BCUT2D eigenvalue weighted by molar-refractivity contribution is 5.69. The quantitative estimate of drug-likeness (QED) is 0.433. The molecule has 0 saturated heterocycles. The number of benzene rings is 1. The molecule has 10 heteroatoms. The molecule has 3 rings (SSSR count). The van der Waals surface area contributed by atoms with Gasteiger partial charge in [-0.3, -0.25) is 24.0 Å². The van der Waals surface area contributed by atoms with Gasteiger partial charge in [0, 0.05) is 45.9 Å². The fraction of sp³-hybridized carbons (Fsp3) is 0.389. The van der Waals surface area contributed by atoms with Crippen LogP contribution in [0.1, 0.15) is 5.56 Å². The summed E-state index contributed by atoms with van der Waals surface area (Å²) in [6, 6.07) is 6.54. The summed E-state index contributed by atoms with van der Waals surface area (Å²) in [5.41, 5.74) is 1.14. The lowest BCUT2D eigenvalue weighted by Gasteiger charge is -2.17. The zero-order valence-corrected chi connectivity index (χ0v) is 16.0. The molecule has 0 unspecified atom stereocenters. The Morgan fingerprint density at radius 2 is 1.79 bits per heavy atom. The van der Waals surface area contributed by atoms with Crippen LogP contribution < -0.4 is 11.2 Å². The van der Waals surface area contributed by atoms with E-state index >= 15 is 0 Å². The Kier molecular flexibility index (Phi) is 5.41. The molecule has 2 aromatic heterocycles. The van der Waals surface area contributed by atoms with E-state index in [1.807, 2.05) is 7.05 Å². The number of nitro groups is 1. The maximum Gasteiger partial charge on any atom is 0.332 e. The van der Waals surface area contributed by atoms with Crippen LogP contribution in [0.15, 0.2) is 40.2 Å². The van der Waals surface area contributed by atoms with Gasteiger partial charge >= 0.3 is 5.69 Å². The van der Waals surface area contributed by atoms with Crippen LogP contribution in [0.25, 0.3) is 11.2 Å². The number of hydrogen-bond donors (Lipinski definition) is 0. The number of aromatic nitrogens is 4. The number of aryl methyl sites for hydroxylation is 1. The van der Waals surface area contributed by atoms with Crippen molar-refractivity contribution >= 4 is 16.9 Å². The van der Waals surface area contributed by atoms with Crippen molar-refractivity contribution in [3.63, 3.8) is 0 Å². The van der Waals surface area contributed by atoms with Gasteiger partial charge in [-0.2, -0.15) is 0 Å². The third-order valence-electron chi connectivity index (χ3n) is 4.87. The molecule has 2 heterocycles. The molecular formula is C18H22N6O4. The molecule has 0 N–H and O–H groups in total. The summed E-state index contributed by atoms with van der Waals surface area (Å²) in [6.07, 6.45) is 2.34. The van der Waals surface area contributed by atoms with Crippen molar-refractivity contribution in [3.05, 3.63) is 67.1 Å². The second-order valence-electron chi connectivity index (χ2n) is 6.79. The molecule has 0 bridgehead atoms. The van der Waals surface area contributed by atoms with Gasteiger partial charge in [0.05, 0.1) is 11.3 Å². The zero-order chi connectivity index (χ0) is 20.4. The minimum Gasteiger partial charge on any atom is -0.323 e. The van der Waals surface area contributed by atoms with Crippen LogP contribution in [0.2, 0.25) is 0 Å². The topological polar surface area (TPSA) is 108 Å². The molecule has 0 atom stereocenters. The van der Waals surface area contributed by atoms with Crippen molar-refractivity contribution in [1.29, 1.82) is 0 Å². The molecule has 0 saturated carbocycles. The second-order valence-corrected chi connectivity index (χ2v) is 6.79. The average molecular weight is 386 g/mol. The van der Waals surface area contributed by atoms with E-state index in [4.69, 9.17) is 0 Å². The van der Waals surface area contributed by atoms with E-state index in [0.717, 1.165) is 23.1 Å². The third kappa shape index (κ3) is 3.72. The summed E-state index contributed by atoms with van der Waals surface area (Å²) in [6.45, 7) is 2.01. The zero-order valence-electron chi connectivity index (χ0n) is 16.0. The number of rotatable bonds is 7. The Balaban J connectivity index is 1.65. The second kappa shape index (κ2) is 7.77. The first-order chi connectivity index (χ1) is 13.3. The standard InChI is InChI=1S/C18H22N6O4/c1-20(9-8-13-4-6-14(7-5-13)24(27)28)10-11-23-12-19-16-15(23)17(25)22(3)18(26)21(16)2/h4-7,12H,8-11H2,1-3H3. The first kappa shape index (κ1) is 19.5. The van der Waals surface area contributed by atoms with Gasteiger partial charge in [0.25, 0.3) is 11.2 Å². The van der Waals surface area contributed by atoms with Crippen LogP contribution in [-0.2, 0) is 27.1 Å². The van der Waals surface area contributed by atoms with Gasteiger partial charge in [-0.05, 0) is 19.0 Å². The van der Waals surface area contributed by atoms with Crippen molar-refractivity contribution in [3.8, 4) is 0 Å². The number of nitrogens with zero attached hydrogens (tertiary/aromatic N) is 6. The van der Waals surface area contributed by atoms with E-state index in [-0.39, 0.29) is 11.2 Å². The fourth-order valence-corrected chi connectivity index (χ4v) is 3.06. The lowest BCUT2D eigenvalue weighted by atomic mass is 10.1. The number of non-ortho nitro benzene ring substituents is 1. The van der Waals surface area contributed by atoms with Crippen LogP contribution in [0.3, 0.4) is 0 Å². The van der Waals surface area contributed by atoms with Crippen molar-refractivity contribution in [2.24, 2.45) is 14.1 Å². The fourth-order valence-electron chi connectivity index (χ4n) is 3.06. The van der Waals surface area contributed by atoms with Gasteiger partial charge in [0.15, 0.2) is 11.2 Å². The highest BCUT2D eigenvalue weighted by atomic mass is 16.6. The molecule has 10 nitrogen and oxygen atoms in total. The van der Waals surface area contributed by atoms with Crippen molar-refractivity contribution in [2.75, 3.05) is 20.1 Å². The van der Waals surface area contributed by atoms with Crippen LogP contribution in [0.5, 0.6) is 0 Å². The van der Waals surface area contributed by atoms with E-state index in [1.54, 1.807) is 30.1 Å². The highest BCUT2D eigenvalue weighted by Crippen LogP contribution is 2.12. The molecule has 0 radical (unpaired) electrons. The smallest absolute Gasteiger partial charge is 0.323 e. The number of fused-ring (bicyclic) bond motifs is 1. The first-order valence-electron chi connectivity index (χ1n) is 8.82. The Hall–Kier alpha value is -3.27. The van der Waals surface area contributed by atoms with E-state index in [9.17, 15) is 19.7 Å². The van der Waals surface area contributed by atoms with Crippen LogP contribution >= 0.6 is 0 Å². The minimum atomic E-state index is -0.411. The number of hydrogen-bond acceptors (Lipinski definition) is 6. The van der Waals surface area contributed by atoms with E-state index in [1.165, 1.54) is 23.7 Å². The van der Waals surface area contributed by atoms with Gasteiger partial charge in [0.2, 0.25) is 0 Å². The predicted octanol–water partition coefficient (Wildman–Crippen LogP) is 0.516. The van der Waals surface area contributed by atoms with Gasteiger partial charge in [-0.25, -0.2) is 9.78 Å². The third-order valence-corrected chi connectivity index (χ3v) is 4.87. The molecule has 148 valence electrons. The number of nitro benzene ring substituents is 1. The Morgan fingerprint density at radius 1 is 1.11 bits per heavy atom. The highest BCUT2D eigenvalue weighted by Gasteiger charge is 2.14. The summed E-state index contributed by atoms with van der Waals surface area (Å²) >= 11 is 0. The SMILES string of the molecule is CN(CCc1ccc([N+](=O)[O-])cc1)CCn1cnc2c1c(=O)n(C)c(=O)n2C. The average Bonchev–Trinajstić information content (AvgIpc) is 3.12. The van der Waals surface area contributed by atoms with E-state index < -0.39 is 10.6 Å². The molecule has 1 aromatic carbocycles. The minimum absolute atomic E-state index is 0.0834. The maximum atomic E-state index is 12.4. The molecule has 3 aromatic rings. The Labute approximate surface area is 160 Å². The molecular weight excluding hydrogens is 364 g/mol. The van der Waals surface area contributed by atoms with Crippen molar-refractivity contribution < 1.29 is 4.92 Å². The summed E-state index contributed by atoms with van der Waals surface area (Å²) in [5.74, 6) is 0. The Bertz CT molecular complexity index is 1130. The van der Waals surface area contributed by atoms with Crippen molar-refractivity contribution in [2.45, 2.75) is 13.0 Å². The van der Waals surface area contributed by atoms with E-state index in [0.29, 0.717) is 24.3 Å². The van der Waals surface area contributed by atoms with E-state index in [2.05, 4.69) is 9.88 Å². The first-order valence-corrected chi connectivity index (χ1v) is 8.82. The van der Waals surface area contributed by atoms with Crippen LogP contribution in [-0.4, -0.2) is 48.6 Å². The van der Waals surface area contributed by atoms with Gasteiger partial charge in [-0.15, -0.1) is 0 Å². The lowest BCUT2D eigenvalue weighted by Crippen LogP contribution is -2.37. The summed E-state index contributed by atoms with van der Waals surface area (Å²) in [5, 5.41) is 10.7. The van der Waals surface area contributed by atoms with Crippen LogP contribution in [0.4, 0.5) is 5.69 Å². The summed E-state index contributed by atoms with van der Waals surface area (Å²) in [4.78, 5) is 41.0. The number of imidazole rings is 1. The lowest BCUT2D eigenvalue weighted by molar-refractivity contribution is -0.384.